The van der Waals surface area contributed by atoms with Gasteiger partial charge in [-0.05, 0) is 73.7 Å². The Kier molecular flexibility index (Phi) is 2.94. The molecule has 0 aromatic carbocycles. The summed E-state index contributed by atoms with van der Waals surface area (Å²) in [6.07, 6.45) is 10.3. The van der Waals surface area contributed by atoms with E-state index in [0.29, 0.717) is 11.3 Å². The van der Waals surface area contributed by atoms with Crippen molar-refractivity contribution in [3.05, 3.63) is 11.6 Å². The summed E-state index contributed by atoms with van der Waals surface area (Å²) < 4.78 is 5.63. The average molecular weight is 330 g/mol. The average Bonchev–Trinajstić information content (AvgIpc) is 3.15. The van der Waals surface area contributed by atoms with Gasteiger partial charge in [0.1, 0.15) is 6.10 Å². The largest absolute Gasteiger partial charge is 0.357 e. The first-order valence-electron chi connectivity index (χ1n) is 10.0. The molecule has 1 aliphatic heterocycles. The Hall–Kier alpha value is -0.670. The number of carbonyl (C=O) groups excluding carboxylic acids is 1. The first-order chi connectivity index (χ1) is 11.4. The van der Waals surface area contributed by atoms with Crippen LogP contribution in [-0.4, -0.2) is 22.8 Å². The fraction of sp³-hybridized carbons (Fsp3) is 0.857. The molecule has 0 spiro atoms. The van der Waals surface area contributed by atoms with E-state index in [4.69, 9.17) is 4.74 Å². The Bertz CT molecular complexity index is 639. The number of ether oxygens (including phenoxy) is 1. The highest BCUT2D eigenvalue weighted by molar-refractivity contribution is 6.00. The standard InChI is InChI=1S/C21H30O3/c1-4-12-6-8-15-14-7-5-13-11-17(22)21(23)18(24-21)20(13,3)16(14)9-10-19(12,15)2/h11-12,14-16,18,23H,4-10H2,1-3H3/t12-,14+,15+,16+,18?,19-,20+,21?/m1/s1. The SMILES string of the molecule is CC[C@@H]1CC[C@H]2[C@@H]3CCC4=CC(=O)C5(O)OC5[C@]4(C)[C@H]3CC[C@]12C. The number of carbonyl (C=O) groups is 1. The van der Waals surface area contributed by atoms with Crippen LogP contribution < -0.4 is 0 Å². The minimum Gasteiger partial charge on any atom is -0.357 e. The zero-order valence-corrected chi connectivity index (χ0v) is 15.2. The van der Waals surface area contributed by atoms with E-state index in [1.54, 1.807) is 6.08 Å². The van der Waals surface area contributed by atoms with Crippen LogP contribution in [0.1, 0.15) is 65.7 Å². The van der Waals surface area contributed by atoms with Crippen LogP contribution in [0.5, 0.6) is 0 Å². The Morgan fingerprint density at radius 3 is 2.75 bits per heavy atom. The van der Waals surface area contributed by atoms with Crippen molar-refractivity contribution in [2.45, 2.75) is 77.6 Å². The van der Waals surface area contributed by atoms with Gasteiger partial charge < -0.3 is 9.84 Å². The molecule has 0 aromatic rings. The van der Waals surface area contributed by atoms with Crippen LogP contribution in [0.15, 0.2) is 11.6 Å². The Balaban J connectivity index is 1.53. The van der Waals surface area contributed by atoms with Crippen molar-refractivity contribution in [2.75, 3.05) is 0 Å². The number of hydrogen-bond donors (Lipinski definition) is 1. The summed E-state index contributed by atoms with van der Waals surface area (Å²) in [5.74, 6) is 1.30. The van der Waals surface area contributed by atoms with Crippen LogP contribution in [0.3, 0.4) is 0 Å². The predicted molar refractivity (Wildman–Crippen MR) is 91.1 cm³/mol. The highest BCUT2D eigenvalue weighted by Crippen LogP contribution is 2.70. The van der Waals surface area contributed by atoms with Crippen molar-refractivity contribution >= 4 is 5.78 Å². The maximum Gasteiger partial charge on any atom is 0.259 e. The molecular weight excluding hydrogens is 300 g/mol. The van der Waals surface area contributed by atoms with E-state index < -0.39 is 5.79 Å². The lowest BCUT2D eigenvalue weighted by atomic mass is 9.46. The van der Waals surface area contributed by atoms with Gasteiger partial charge in [-0.1, -0.05) is 32.8 Å². The van der Waals surface area contributed by atoms with Crippen LogP contribution >= 0.6 is 0 Å². The van der Waals surface area contributed by atoms with Gasteiger partial charge in [0.25, 0.3) is 5.79 Å². The third kappa shape index (κ3) is 1.60. The summed E-state index contributed by atoms with van der Waals surface area (Å²) in [5.41, 5.74) is 1.64. The van der Waals surface area contributed by atoms with Crippen molar-refractivity contribution in [1.29, 1.82) is 0 Å². The second-order valence-corrected chi connectivity index (χ2v) is 9.65. The number of epoxide rings is 1. The van der Waals surface area contributed by atoms with Gasteiger partial charge in [0.2, 0.25) is 5.78 Å². The molecule has 3 heteroatoms. The van der Waals surface area contributed by atoms with Gasteiger partial charge in [-0.15, -0.1) is 0 Å². The first kappa shape index (κ1) is 15.6. The molecule has 1 N–H and O–H groups in total. The van der Waals surface area contributed by atoms with Crippen LogP contribution in [0.2, 0.25) is 0 Å². The summed E-state index contributed by atoms with van der Waals surface area (Å²) in [6.45, 7) is 7.19. The lowest BCUT2D eigenvalue weighted by Crippen LogP contribution is -2.54. The number of aliphatic hydroxyl groups is 1. The molecule has 0 amide bonds. The van der Waals surface area contributed by atoms with E-state index in [9.17, 15) is 9.90 Å². The Morgan fingerprint density at radius 2 is 2.00 bits per heavy atom. The van der Waals surface area contributed by atoms with E-state index in [0.717, 1.165) is 24.2 Å². The van der Waals surface area contributed by atoms with Gasteiger partial charge in [0.05, 0.1) is 0 Å². The lowest BCUT2D eigenvalue weighted by molar-refractivity contribution is -0.132. The molecule has 3 nitrogen and oxygen atoms in total. The molecule has 1 saturated heterocycles. The van der Waals surface area contributed by atoms with Crippen molar-refractivity contribution in [1.82, 2.24) is 0 Å². The maximum absolute atomic E-state index is 12.2. The fourth-order valence-electron chi connectivity index (χ4n) is 7.76. The molecule has 24 heavy (non-hydrogen) atoms. The zero-order chi connectivity index (χ0) is 16.9. The van der Waals surface area contributed by atoms with Gasteiger partial charge in [0, 0.05) is 5.41 Å². The molecule has 2 unspecified atom stereocenters. The molecule has 4 fully saturated rings. The molecule has 1 heterocycles. The zero-order valence-electron chi connectivity index (χ0n) is 15.2. The minimum atomic E-state index is -1.50. The van der Waals surface area contributed by atoms with Crippen LogP contribution in [0.25, 0.3) is 0 Å². The minimum absolute atomic E-state index is 0.128. The number of ketones is 1. The summed E-state index contributed by atoms with van der Waals surface area (Å²) in [7, 11) is 0. The summed E-state index contributed by atoms with van der Waals surface area (Å²) in [5, 5.41) is 10.5. The second kappa shape index (κ2) is 4.54. The third-order valence-electron chi connectivity index (χ3n) is 9.13. The lowest BCUT2D eigenvalue weighted by Gasteiger charge is -2.57. The van der Waals surface area contributed by atoms with E-state index in [1.807, 2.05) is 0 Å². The number of hydrogen-bond acceptors (Lipinski definition) is 3. The molecular formula is C21H30O3. The van der Waals surface area contributed by atoms with Crippen molar-refractivity contribution in [3.63, 3.8) is 0 Å². The van der Waals surface area contributed by atoms with E-state index >= 15 is 0 Å². The van der Waals surface area contributed by atoms with E-state index in [-0.39, 0.29) is 17.3 Å². The normalized spacial score (nSPS) is 58.2. The molecule has 0 bridgehead atoms. The van der Waals surface area contributed by atoms with Gasteiger partial charge in [-0.3, -0.25) is 4.79 Å². The quantitative estimate of drug-likeness (QED) is 0.743. The fourth-order valence-corrected chi connectivity index (χ4v) is 7.76. The van der Waals surface area contributed by atoms with E-state index in [2.05, 4.69) is 20.8 Å². The van der Waals surface area contributed by atoms with Crippen LogP contribution in [0, 0.1) is 34.5 Å². The van der Waals surface area contributed by atoms with Gasteiger partial charge in [-0.25, -0.2) is 0 Å². The molecule has 5 aliphatic rings. The van der Waals surface area contributed by atoms with Crippen molar-refractivity contribution < 1.29 is 14.6 Å². The predicted octanol–water partition coefficient (Wildman–Crippen LogP) is 3.85. The summed E-state index contributed by atoms with van der Waals surface area (Å²) in [4.78, 5) is 12.2. The topological polar surface area (TPSA) is 49.8 Å². The van der Waals surface area contributed by atoms with Crippen molar-refractivity contribution in [3.8, 4) is 0 Å². The molecule has 132 valence electrons. The molecule has 0 aromatic heterocycles. The second-order valence-electron chi connectivity index (χ2n) is 9.65. The first-order valence-corrected chi connectivity index (χ1v) is 10.0. The third-order valence-corrected chi connectivity index (χ3v) is 9.13. The van der Waals surface area contributed by atoms with Gasteiger partial charge in [0.15, 0.2) is 0 Å². The molecule has 3 saturated carbocycles. The monoisotopic (exact) mass is 330 g/mol. The smallest absolute Gasteiger partial charge is 0.259 e. The van der Waals surface area contributed by atoms with Gasteiger partial charge >= 0.3 is 0 Å². The van der Waals surface area contributed by atoms with Crippen molar-refractivity contribution in [2.24, 2.45) is 34.5 Å². The Morgan fingerprint density at radius 1 is 1.21 bits per heavy atom. The van der Waals surface area contributed by atoms with Crippen LogP contribution in [-0.2, 0) is 9.53 Å². The summed E-state index contributed by atoms with van der Waals surface area (Å²) in [6, 6.07) is 0. The molecule has 5 rings (SSSR count). The molecule has 0 radical (unpaired) electrons. The molecule has 8 atom stereocenters. The van der Waals surface area contributed by atoms with Crippen LogP contribution in [0.4, 0.5) is 0 Å². The number of fused-ring (bicyclic) bond motifs is 7. The molecule has 4 aliphatic carbocycles. The summed E-state index contributed by atoms with van der Waals surface area (Å²) >= 11 is 0. The van der Waals surface area contributed by atoms with E-state index in [1.165, 1.54) is 44.1 Å². The highest BCUT2D eigenvalue weighted by Gasteiger charge is 2.74. The highest BCUT2D eigenvalue weighted by atomic mass is 16.7. The Labute approximate surface area is 144 Å². The maximum atomic E-state index is 12.2. The number of rotatable bonds is 1. The van der Waals surface area contributed by atoms with Gasteiger partial charge in [-0.2, -0.15) is 0 Å².